The van der Waals surface area contributed by atoms with E-state index in [4.69, 9.17) is 9.47 Å². The Bertz CT molecular complexity index is 1070. The van der Waals surface area contributed by atoms with E-state index in [-0.39, 0.29) is 12.5 Å². The molecule has 0 radical (unpaired) electrons. The fourth-order valence-electron chi connectivity index (χ4n) is 2.90. The number of benzene rings is 3. The van der Waals surface area contributed by atoms with Crippen molar-refractivity contribution in [2.75, 3.05) is 19.0 Å². The van der Waals surface area contributed by atoms with Crippen LogP contribution in [0, 0.1) is 20.8 Å². The van der Waals surface area contributed by atoms with E-state index in [2.05, 4.69) is 30.2 Å². The molecule has 5 nitrogen and oxygen atoms in total. The Kier molecular flexibility index (Phi) is 6.86. The van der Waals surface area contributed by atoms with Gasteiger partial charge in [0.05, 0.1) is 12.8 Å². The Morgan fingerprint density at radius 1 is 0.967 bits per heavy atom. The lowest BCUT2D eigenvalue weighted by atomic mass is 10.1. The van der Waals surface area contributed by atoms with Crippen LogP contribution in [0.2, 0.25) is 0 Å². The maximum atomic E-state index is 12.2. The Labute approximate surface area is 177 Å². The summed E-state index contributed by atoms with van der Waals surface area (Å²) in [4.78, 5) is 16.7. The molecule has 0 saturated carbocycles. The SMILES string of the molecule is COc1cc(C=Nc2ccc(C)c(C)c2)ccc1OCC(=O)Nc1cccc(C)c1. The number of rotatable bonds is 7. The van der Waals surface area contributed by atoms with Crippen LogP contribution in [0.1, 0.15) is 22.3 Å². The molecule has 0 atom stereocenters. The highest BCUT2D eigenvalue weighted by Gasteiger charge is 2.09. The van der Waals surface area contributed by atoms with Gasteiger partial charge in [-0.05, 0) is 85.5 Å². The van der Waals surface area contributed by atoms with Gasteiger partial charge in [-0.25, -0.2) is 0 Å². The summed E-state index contributed by atoms with van der Waals surface area (Å²) in [6.45, 7) is 6.01. The van der Waals surface area contributed by atoms with Crippen LogP contribution in [0.5, 0.6) is 11.5 Å². The van der Waals surface area contributed by atoms with Gasteiger partial charge in [-0.3, -0.25) is 9.79 Å². The van der Waals surface area contributed by atoms with E-state index in [1.807, 2.05) is 55.5 Å². The molecule has 1 amide bonds. The third-order valence-electron chi connectivity index (χ3n) is 4.70. The predicted octanol–water partition coefficient (Wildman–Crippen LogP) is 5.39. The summed E-state index contributed by atoms with van der Waals surface area (Å²) in [5, 5.41) is 2.82. The minimum atomic E-state index is -0.233. The quantitative estimate of drug-likeness (QED) is 0.539. The van der Waals surface area contributed by atoms with Gasteiger partial charge in [0.2, 0.25) is 0 Å². The van der Waals surface area contributed by atoms with E-state index < -0.39 is 0 Å². The summed E-state index contributed by atoms with van der Waals surface area (Å²) in [5.41, 5.74) is 6.03. The molecule has 30 heavy (non-hydrogen) atoms. The second kappa shape index (κ2) is 9.74. The molecule has 0 aliphatic rings. The van der Waals surface area contributed by atoms with Gasteiger partial charge in [0.1, 0.15) is 0 Å². The lowest BCUT2D eigenvalue weighted by Gasteiger charge is -2.11. The van der Waals surface area contributed by atoms with Crippen LogP contribution in [-0.4, -0.2) is 25.8 Å². The summed E-state index contributed by atoms with van der Waals surface area (Å²) in [6.07, 6.45) is 1.78. The lowest BCUT2D eigenvalue weighted by molar-refractivity contribution is -0.118. The molecule has 0 aliphatic heterocycles. The molecule has 0 aromatic heterocycles. The van der Waals surface area contributed by atoms with Gasteiger partial charge in [-0.2, -0.15) is 0 Å². The highest BCUT2D eigenvalue weighted by molar-refractivity contribution is 5.92. The van der Waals surface area contributed by atoms with E-state index in [1.165, 1.54) is 11.1 Å². The summed E-state index contributed by atoms with van der Waals surface area (Å²) < 4.78 is 11.1. The van der Waals surface area contributed by atoms with E-state index in [0.29, 0.717) is 11.5 Å². The highest BCUT2D eigenvalue weighted by atomic mass is 16.5. The predicted molar refractivity (Wildman–Crippen MR) is 121 cm³/mol. The number of amides is 1. The number of nitrogens with one attached hydrogen (secondary N) is 1. The number of anilines is 1. The zero-order chi connectivity index (χ0) is 21.5. The van der Waals surface area contributed by atoms with E-state index in [1.54, 1.807) is 19.4 Å². The van der Waals surface area contributed by atoms with Crippen molar-refractivity contribution >= 4 is 23.5 Å². The summed E-state index contributed by atoms with van der Waals surface area (Å²) in [5.74, 6) is 0.811. The number of aliphatic imine (C=N–C) groups is 1. The van der Waals surface area contributed by atoms with Gasteiger partial charge in [0.15, 0.2) is 18.1 Å². The van der Waals surface area contributed by atoms with Gasteiger partial charge in [-0.1, -0.05) is 18.2 Å². The van der Waals surface area contributed by atoms with Crippen molar-refractivity contribution in [1.29, 1.82) is 0 Å². The summed E-state index contributed by atoms with van der Waals surface area (Å²) >= 11 is 0. The Morgan fingerprint density at radius 3 is 2.53 bits per heavy atom. The molecule has 0 unspecified atom stereocenters. The maximum absolute atomic E-state index is 12.2. The number of carbonyl (C=O) groups is 1. The van der Waals surface area contributed by atoms with Gasteiger partial charge in [0.25, 0.3) is 5.91 Å². The normalized spacial score (nSPS) is 10.8. The number of ether oxygens (including phenoxy) is 2. The molecule has 3 rings (SSSR count). The lowest BCUT2D eigenvalue weighted by Crippen LogP contribution is -2.20. The number of nitrogens with zero attached hydrogens (tertiary/aromatic N) is 1. The first-order chi connectivity index (χ1) is 14.4. The molecule has 0 saturated heterocycles. The molecular weight excluding hydrogens is 376 g/mol. The van der Waals surface area contributed by atoms with Crippen LogP contribution in [-0.2, 0) is 4.79 Å². The molecule has 0 heterocycles. The third-order valence-corrected chi connectivity index (χ3v) is 4.70. The average Bonchev–Trinajstić information content (AvgIpc) is 2.73. The fourth-order valence-corrected chi connectivity index (χ4v) is 2.90. The second-order valence-electron chi connectivity index (χ2n) is 7.14. The average molecular weight is 402 g/mol. The highest BCUT2D eigenvalue weighted by Crippen LogP contribution is 2.28. The van der Waals surface area contributed by atoms with Gasteiger partial charge >= 0.3 is 0 Å². The third kappa shape index (κ3) is 5.70. The monoisotopic (exact) mass is 402 g/mol. The minimum Gasteiger partial charge on any atom is -0.493 e. The van der Waals surface area contributed by atoms with Crippen LogP contribution < -0.4 is 14.8 Å². The van der Waals surface area contributed by atoms with Crippen molar-refractivity contribution in [2.24, 2.45) is 4.99 Å². The topological polar surface area (TPSA) is 59.9 Å². The maximum Gasteiger partial charge on any atom is 0.262 e. The minimum absolute atomic E-state index is 0.111. The second-order valence-corrected chi connectivity index (χ2v) is 7.14. The first-order valence-corrected chi connectivity index (χ1v) is 9.73. The zero-order valence-electron chi connectivity index (χ0n) is 17.7. The summed E-state index contributed by atoms with van der Waals surface area (Å²) in [7, 11) is 1.57. The molecule has 0 fully saturated rings. The van der Waals surface area contributed by atoms with Crippen molar-refractivity contribution in [1.82, 2.24) is 0 Å². The molecule has 5 heteroatoms. The molecule has 0 spiro atoms. The number of methoxy groups -OCH3 is 1. The number of carbonyl (C=O) groups excluding carboxylic acids is 1. The molecule has 1 N–H and O–H groups in total. The van der Waals surface area contributed by atoms with Crippen LogP contribution in [0.25, 0.3) is 0 Å². The van der Waals surface area contributed by atoms with E-state index in [0.717, 1.165) is 22.5 Å². The first-order valence-electron chi connectivity index (χ1n) is 9.73. The number of hydrogen-bond donors (Lipinski definition) is 1. The van der Waals surface area contributed by atoms with E-state index in [9.17, 15) is 4.79 Å². The summed E-state index contributed by atoms with van der Waals surface area (Å²) in [6, 6.07) is 19.2. The van der Waals surface area contributed by atoms with Crippen molar-refractivity contribution in [3.8, 4) is 11.5 Å². The molecule has 3 aromatic rings. The largest absolute Gasteiger partial charge is 0.493 e. The van der Waals surface area contributed by atoms with Crippen LogP contribution in [0.15, 0.2) is 65.7 Å². The molecule has 154 valence electrons. The number of hydrogen-bond acceptors (Lipinski definition) is 4. The smallest absolute Gasteiger partial charge is 0.262 e. The van der Waals surface area contributed by atoms with E-state index >= 15 is 0 Å². The Morgan fingerprint density at radius 2 is 1.80 bits per heavy atom. The van der Waals surface area contributed by atoms with Crippen LogP contribution >= 0.6 is 0 Å². The Balaban J connectivity index is 1.64. The van der Waals surface area contributed by atoms with Gasteiger partial charge in [0, 0.05) is 11.9 Å². The fraction of sp³-hybridized carbons (Fsp3) is 0.200. The van der Waals surface area contributed by atoms with Crippen molar-refractivity contribution in [3.05, 3.63) is 82.9 Å². The van der Waals surface area contributed by atoms with Crippen molar-refractivity contribution in [3.63, 3.8) is 0 Å². The Hall–Kier alpha value is -3.60. The zero-order valence-corrected chi connectivity index (χ0v) is 17.7. The van der Waals surface area contributed by atoms with Gasteiger partial charge in [-0.15, -0.1) is 0 Å². The first kappa shape index (κ1) is 21.1. The standard InChI is InChI=1S/C25H26N2O3/c1-17-6-5-7-22(12-17)27-25(28)16-30-23-11-9-20(14-24(23)29-4)15-26-21-10-8-18(2)19(3)13-21/h5-15H,16H2,1-4H3,(H,27,28). The van der Waals surface area contributed by atoms with Crippen molar-refractivity contribution < 1.29 is 14.3 Å². The molecule has 0 bridgehead atoms. The van der Waals surface area contributed by atoms with Gasteiger partial charge < -0.3 is 14.8 Å². The van der Waals surface area contributed by atoms with Crippen LogP contribution in [0.4, 0.5) is 11.4 Å². The molecule has 3 aromatic carbocycles. The number of aryl methyl sites for hydroxylation is 3. The molecule has 0 aliphatic carbocycles. The van der Waals surface area contributed by atoms with Crippen LogP contribution in [0.3, 0.4) is 0 Å². The van der Waals surface area contributed by atoms with Crippen molar-refractivity contribution in [2.45, 2.75) is 20.8 Å². The molecular formula is C25H26N2O3.